The second-order valence-electron chi connectivity index (χ2n) is 6.16. The van der Waals surface area contributed by atoms with Gasteiger partial charge in [-0.15, -0.1) is 0 Å². The minimum Gasteiger partial charge on any atom is -0.308 e. The van der Waals surface area contributed by atoms with Gasteiger partial charge in [-0.2, -0.15) is 0 Å². The van der Waals surface area contributed by atoms with Crippen molar-refractivity contribution in [2.75, 3.05) is 32.1 Å². The Morgan fingerprint density at radius 3 is 2.56 bits per heavy atom. The van der Waals surface area contributed by atoms with E-state index in [0.717, 1.165) is 36.6 Å². The molecular weight excluding hydrogens is 445 g/mol. The number of carbonyl (C=O) groups is 1. The number of benzene rings is 2. The summed E-state index contributed by atoms with van der Waals surface area (Å²) < 4.78 is 2.07. The molecule has 4 nitrogen and oxygen atoms in total. The number of fused-ring (bicyclic) bond motifs is 1. The van der Waals surface area contributed by atoms with E-state index in [-0.39, 0.29) is 5.91 Å². The standard InChI is InChI=1S/C19H20IN3OS/c1-13-7-6-10-16-17(13)21-19(25-16)23(12-11-22(2)3)18(24)14-8-4-5-9-15(14)20/h4-10H,11-12H2,1-3H3. The first kappa shape index (κ1) is 18.3. The number of amides is 1. The molecule has 1 amide bonds. The van der Waals surface area contributed by atoms with Gasteiger partial charge in [0, 0.05) is 16.7 Å². The maximum absolute atomic E-state index is 13.2. The van der Waals surface area contributed by atoms with Crippen LogP contribution in [0.1, 0.15) is 15.9 Å². The Morgan fingerprint density at radius 2 is 1.88 bits per heavy atom. The number of halogens is 1. The quantitative estimate of drug-likeness (QED) is 0.524. The Morgan fingerprint density at radius 1 is 1.12 bits per heavy atom. The van der Waals surface area contributed by atoms with Crippen LogP contribution < -0.4 is 4.90 Å². The topological polar surface area (TPSA) is 36.4 Å². The summed E-state index contributed by atoms with van der Waals surface area (Å²) in [4.78, 5) is 21.9. The molecule has 0 radical (unpaired) electrons. The highest BCUT2D eigenvalue weighted by Crippen LogP contribution is 2.31. The molecule has 0 atom stereocenters. The summed E-state index contributed by atoms with van der Waals surface area (Å²) in [6, 6.07) is 13.8. The smallest absolute Gasteiger partial charge is 0.261 e. The first-order valence-corrected chi connectivity index (χ1v) is 9.94. The fourth-order valence-electron chi connectivity index (χ4n) is 2.55. The summed E-state index contributed by atoms with van der Waals surface area (Å²) in [6.07, 6.45) is 0. The van der Waals surface area contributed by atoms with Crippen molar-refractivity contribution < 1.29 is 4.79 Å². The summed E-state index contributed by atoms with van der Waals surface area (Å²) in [7, 11) is 4.02. The van der Waals surface area contributed by atoms with Crippen LogP contribution in [0, 0.1) is 10.5 Å². The van der Waals surface area contributed by atoms with Crippen molar-refractivity contribution >= 4 is 55.2 Å². The van der Waals surface area contributed by atoms with Crippen molar-refractivity contribution in [1.29, 1.82) is 0 Å². The van der Waals surface area contributed by atoms with Crippen LogP contribution in [-0.4, -0.2) is 43.0 Å². The van der Waals surface area contributed by atoms with Crippen LogP contribution >= 0.6 is 33.9 Å². The van der Waals surface area contributed by atoms with E-state index in [2.05, 4.69) is 46.5 Å². The molecule has 25 heavy (non-hydrogen) atoms. The Hall–Kier alpha value is -1.51. The third-order valence-corrected chi connectivity index (χ3v) is 5.94. The molecular formula is C19H20IN3OS. The number of carbonyl (C=O) groups excluding carboxylic acids is 1. The van der Waals surface area contributed by atoms with Crippen LogP contribution in [0.4, 0.5) is 5.13 Å². The van der Waals surface area contributed by atoms with E-state index in [9.17, 15) is 4.79 Å². The zero-order chi connectivity index (χ0) is 18.0. The van der Waals surface area contributed by atoms with Crippen molar-refractivity contribution in [2.24, 2.45) is 0 Å². The number of aromatic nitrogens is 1. The third kappa shape index (κ3) is 4.02. The average molecular weight is 465 g/mol. The van der Waals surface area contributed by atoms with Crippen LogP contribution in [0.2, 0.25) is 0 Å². The van der Waals surface area contributed by atoms with Gasteiger partial charge in [-0.3, -0.25) is 9.69 Å². The zero-order valence-corrected chi connectivity index (χ0v) is 17.5. The second kappa shape index (κ2) is 7.80. The molecule has 1 aromatic heterocycles. The molecule has 0 bridgehead atoms. The molecule has 0 saturated carbocycles. The fraction of sp³-hybridized carbons (Fsp3) is 0.263. The van der Waals surface area contributed by atoms with E-state index in [1.807, 2.05) is 49.3 Å². The Bertz CT molecular complexity index is 907. The van der Waals surface area contributed by atoms with E-state index >= 15 is 0 Å². The highest BCUT2D eigenvalue weighted by Gasteiger charge is 2.23. The normalized spacial score (nSPS) is 11.2. The average Bonchev–Trinajstić information content (AvgIpc) is 3.00. The van der Waals surface area contributed by atoms with Crippen LogP contribution in [0.25, 0.3) is 10.2 Å². The molecule has 0 saturated heterocycles. The number of rotatable bonds is 5. The Kier molecular flexibility index (Phi) is 5.71. The number of thiazole rings is 1. The summed E-state index contributed by atoms with van der Waals surface area (Å²) in [6.45, 7) is 3.44. The van der Waals surface area contributed by atoms with Gasteiger partial charge in [0.15, 0.2) is 5.13 Å². The highest BCUT2D eigenvalue weighted by atomic mass is 127. The lowest BCUT2D eigenvalue weighted by molar-refractivity contribution is 0.0984. The molecule has 0 unspecified atom stereocenters. The van der Waals surface area contributed by atoms with Gasteiger partial charge < -0.3 is 4.90 Å². The van der Waals surface area contributed by atoms with Crippen molar-refractivity contribution in [3.8, 4) is 0 Å². The van der Waals surface area contributed by atoms with E-state index in [1.165, 1.54) is 0 Å². The van der Waals surface area contributed by atoms with Crippen LogP contribution in [0.3, 0.4) is 0 Å². The minimum atomic E-state index is 0.00330. The third-order valence-electron chi connectivity index (χ3n) is 3.96. The first-order chi connectivity index (χ1) is 12.0. The molecule has 0 aliphatic rings. The van der Waals surface area contributed by atoms with Gasteiger partial charge in [0.2, 0.25) is 0 Å². The minimum absolute atomic E-state index is 0.00330. The summed E-state index contributed by atoms with van der Waals surface area (Å²) in [5.74, 6) is 0.00330. The monoisotopic (exact) mass is 465 g/mol. The SMILES string of the molecule is Cc1cccc2sc(N(CCN(C)C)C(=O)c3ccccc3I)nc12. The summed E-state index contributed by atoms with van der Waals surface area (Å²) in [5, 5.41) is 0.760. The molecule has 3 rings (SSSR count). The van der Waals surface area contributed by atoms with Crippen LogP contribution in [0.5, 0.6) is 0 Å². The molecule has 0 spiro atoms. The molecule has 2 aromatic carbocycles. The molecule has 1 heterocycles. The maximum atomic E-state index is 13.2. The van der Waals surface area contributed by atoms with Gasteiger partial charge in [0.05, 0.1) is 15.8 Å². The predicted molar refractivity (Wildman–Crippen MR) is 114 cm³/mol. The van der Waals surface area contributed by atoms with E-state index in [1.54, 1.807) is 11.3 Å². The maximum Gasteiger partial charge on any atom is 0.261 e. The van der Waals surface area contributed by atoms with Gasteiger partial charge in [0.1, 0.15) is 0 Å². The number of nitrogens with zero attached hydrogens (tertiary/aromatic N) is 3. The van der Waals surface area contributed by atoms with Gasteiger partial charge >= 0.3 is 0 Å². The van der Waals surface area contributed by atoms with Crippen LogP contribution in [-0.2, 0) is 0 Å². The van der Waals surface area contributed by atoms with Crippen molar-refractivity contribution in [1.82, 2.24) is 9.88 Å². The molecule has 0 aliphatic heterocycles. The van der Waals surface area contributed by atoms with Gasteiger partial charge in [0.25, 0.3) is 5.91 Å². The van der Waals surface area contributed by atoms with E-state index in [4.69, 9.17) is 4.98 Å². The highest BCUT2D eigenvalue weighted by molar-refractivity contribution is 14.1. The zero-order valence-electron chi connectivity index (χ0n) is 14.5. The molecule has 0 fully saturated rings. The van der Waals surface area contributed by atoms with Crippen molar-refractivity contribution in [3.05, 3.63) is 57.2 Å². The van der Waals surface area contributed by atoms with Gasteiger partial charge in [-0.05, 0) is 67.4 Å². The second-order valence-corrected chi connectivity index (χ2v) is 8.33. The summed E-state index contributed by atoms with van der Waals surface area (Å²) >= 11 is 3.79. The van der Waals surface area contributed by atoms with Gasteiger partial charge in [-0.1, -0.05) is 35.6 Å². The number of anilines is 1. The Labute approximate surface area is 165 Å². The lowest BCUT2D eigenvalue weighted by Gasteiger charge is -2.22. The summed E-state index contributed by atoms with van der Waals surface area (Å²) in [5.41, 5.74) is 2.83. The van der Waals surface area contributed by atoms with Crippen LogP contribution in [0.15, 0.2) is 42.5 Å². The van der Waals surface area contributed by atoms with Crippen molar-refractivity contribution in [3.63, 3.8) is 0 Å². The van der Waals surface area contributed by atoms with Crippen molar-refractivity contribution in [2.45, 2.75) is 6.92 Å². The molecule has 6 heteroatoms. The molecule has 3 aromatic rings. The predicted octanol–water partition coefficient (Wildman–Crippen LogP) is 4.42. The van der Waals surface area contributed by atoms with E-state index < -0.39 is 0 Å². The molecule has 0 N–H and O–H groups in total. The first-order valence-electron chi connectivity index (χ1n) is 8.04. The number of aryl methyl sites for hydroxylation is 1. The lowest BCUT2D eigenvalue weighted by Crippen LogP contribution is -2.37. The number of hydrogen-bond acceptors (Lipinski definition) is 4. The van der Waals surface area contributed by atoms with E-state index in [0.29, 0.717) is 6.54 Å². The Balaban J connectivity index is 2.03. The number of hydrogen-bond donors (Lipinski definition) is 0. The lowest BCUT2D eigenvalue weighted by atomic mass is 10.2. The number of likely N-dealkylation sites (N-methyl/N-ethyl adjacent to an activating group) is 1. The molecule has 130 valence electrons. The fourth-order valence-corrected chi connectivity index (χ4v) is 4.24. The number of para-hydroxylation sites is 1. The largest absolute Gasteiger partial charge is 0.308 e. The molecule has 0 aliphatic carbocycles. The van der Waals surface area contributed by atoms with Gasteiger partial charge in [-0.25, -0.2) is 4.98 Å².